The molecular weight excluding hydrogens is 413 g/mol. The summed E-state index contributed by atoms with van der Waals surface area (Å²) in [5.41, 5.74) is 3.37. The van der Waals surface area contributed by atoms with E-state index in [0.717, 1.165) is 27.9 Å². The Labute approximate surface area is 184 Å². The molecule has 0 aliphatic heterocycles. The molecule has 4 rings (SSSR count). The van der Waals surface area contributed by atoms with Crippen LogP contribution < -0.4 is 10.1 Å². The maximum Gasteiger partial charge on any atom is 0.238 e. The van der Waals surface area contributed by atoms with Gasteiger partial charge in [0.25, 0.3) is 0 Å². The number of hydrogen-bond donors (Lipinski definition) is 2. The molecule has 4 aromatic rings. The number of carbonyl (C=O) groups excluding carboxylic acids is 1. The molecule has 0 fully saturated rings. The number of imidazole rings is 1. The van der Waals surface area contributed by atoms with Crippen LogP contribution in [0.4, 0.5) is 4.39 Å². The summed E-state index contributed by atoms with van der Waals surface area (Å²) in [5, 5.41) is 3.11. The van der Waals surface area contributed by atoms with E-state index in [1.54, 1.807) is 12.1 Å². The second kappa shape index (κ2) is 9.66. The number of rotatable bonds is 8. The zero-order valence-electron chi connectivity index (χ0n) is 17.0. The van der Waals surface area contributed by atoms with Crippen LogP contribution in [-0.4, -0.2) is 22.5 Å². The standard InChI is InChI=1S/C24H22FN3O2S/c1-2-30-19-12-13-20-21(14-19)28-24(27-20)31-22(17-6-4-3-5-7-17)23(29)26-15-16-8-10-18(25)11-9-16/h3-14,22H,2,15H2,1H3,(H,26,29)(H,27,28)/t22-/m1/s1. The number of nitrogens with zero attached hydrogens (tertiary/aromatic N) is 1. The largest absolute Gasteiger partial charge is 0.494 e. The number of aromatic amines is 1. The first kappa shape index (κ1) is 20.9. The van der Waals surface area contributed by atoms with Crippen molar-refractivity contribution < 1.29 is 13.9 Å². The third kappa shape index (κ3) is 5.24. The summed E-state index contributed by atoms with van der Waals surface area (Å²) in [6, 6.07) is 21.3. The van der Waals surface area contributed by atoms with Crippen LogP contribution in [-0.2, 0) is 11.3 Å². The first-order valence-electron chi connectivity index (χ1n) is 9.98. The zero-order valence-corrected chi connectivity index (χ0v) is 17.8. The lowest BCUT2D eigenvalue weighted by Crippen LogP contribution is -2.27. The first-order valence-corrected chi connectivity index (χ1v) is 10.9. The van der Waals surface area contributed by atoms with Crippen LogP contribution in [0.5, 0.6) is 5.75 Å². The summed E-state index contributed by atoms with van der Waals surface area (Å²) >= 11 is 1.35. The van der Waals surface area contributed by atoms with Gasteiger partial charge in [0.05, 0.1) is 17.6 Å². The molecule has 3 aromatic carbocycles. The lowest BCUT2D eigenvalue weighted by molar-refractivity contribution is -0.120. The number of carbonyl (C=O) groups is 1. The number of amides is 1. The van der Waals surface area contributed by atoms with Gasteiger partial charge in [-0.05, 0) is 42.3 Å². The Balaban J connectivity index is 1.54. The second-order valence-electron chi connectivity index (χ2n) is 6.91. The molecule has 0 spiro atoms. The molecule has 0 unspecified atom stereocenters. The molecule has 0 bridgehead atoms. The summed E-state index contributed by atoms with van der Waals surface area (Å²) in [7, 11) is 0. The summed E-state index contributed by atoms with van der Waals surface area (Å²) in [6.45, 7) is 2.85. The quantitative estimate of drug-likeness (QED) is 0.371. The summed E-state index contributed by atoms with van der Waals surface area (Å²) in [4.78, 5) is 21.0. The van der Waals surface area contributed by atoms with E-state index in [1.165, 1.54) is 23.9 Å². The number of halogens is 1. The zero-order chi connectivity index (χ0) is 21.6. The average molecular weight is 436 g/mol. The first-order chi connectivity index (χ1) is 15.1. The Kier molecular flexibility index (Phi) is 6.52. The SMILES string of the molecule is CCOc1ccc2nc(S[C@@H](C(=O)NCc3ccc(F)cc3)c3ccccc3)[nH]c2c1. The molecule has 1 atom stereocenters. The van der Waals surface area contributed by atoms with Crippen molar-refractivity contribution in [1.29, 1.82) is 0 Å². The van der Waals surface area contributed by atoms with Crippen molar-refractivity contribution in [2.75, 3.05) is 6.61 Å². The molecule has 1 aromatic heterocycles. The molecule has 0 saturated carbocycles. The number of ether oxygens (including phenoxy) is 1. The maximum absolute atomic E-state index is 13.1. The van der Waals surface area contributed by atoms with Gasteiger partial charge in [0.2, 0.25) is 5.91 Å². The fourth-order valence-corrected chi connectivity index (χ4v) is 4.20. The van der Waals surface area contributed by atoms with E-state index in [4.69, 9.17) is 4.74 Å². The fraction of sp³-hybridized carbons (Fsp3) is 0.167. The van der Waals surface area contributed by atoms with Crippen molar-refractivity contribution >= 4 is 28.7 Å². The normalized spacial score (nSPS) is 11.9. The second-order valence-corrected chi connectivity index (χ2v) is 8.00. The van der Waals surface area contributed by atoms with E-state index in [-0.39, 0.29) is 11.7 Å². The third-order valence-electron chi connectivity index (χ3n) is 4.69. The van der Waals surface area contributed by atoms with Gasteiger partial charge >= 0.3 is 0 Å². The molecule has 0 aliphatic rings. The molecule has 0 aliphatic carbocycles. The lowest BCUT2D eigenvalue weighted by Gasteiger charge is -2.16. The van der Waals surface area contributed by atoms with Crippen LogP contribution in [0.15, 0.2) is 78.0 Å². The molecule has 158 valence electrons. The van der Waals surface area contributed by atoms with Gasteiger partial charge in [-0.1, -0.05) is 54.2 Å². The highest BCUT2D eigenvalue weighted by Crippen LogP contribution is 2.35. The molecule has 0 radical (unpaired) electrons. The van der Waals surface area contributed by atoms with Crippen LogP contribution in [0.3, 0.4) is 0 Å². The smallest absolute Gasteiger partial charge is 0.238 e. The maximum atomic E-state index is 13.1. The molecule has 0 saturated heterocycles. The number of hydrogen-bond acceptors (Lipinski definition) is 4. The number of aromatic nitrogens is 2. The number of thioether (sulfide) groups is 1. The Bertz CT molecular complexity index is 1160. The van der Waals surface area contributed by atoms with Crippen LogP contribution in [0, 0.1) is 5.82 Å². The van der Waals surface area contributed by atoms with Crippen LogP contribution >= 0.6 is 11.8 Å². The van der Waals surface area contributed by atoms with E-state index in [0.29, 0.717) is 18.3 Å². The average Bonchev–Trinajstić information content (AvgIpc) is 3.19. The summed E-state index contributed by atoms with van der Waals surface area (Å²) in [5.74, 6) is 0.327. The fourth-order valence-electron chi connectivity index (χ4n) is 3.17. The van der Waals surface area contributed by atoms with Crippen molar-refractivity contribution in [1.82, 2.24) is 15.3 Å². The molecule has 1 amide bonds. The van der Waals surface area contributed by atoms with E-state index < -0.39 is 5.25 Å². The number of nitrogens with one attached hydrogen (secondary N) is 2. The van der Waals surface area contributed by atoms with E-state index in [1.807, 2.05) is 55.5 Å². The molecule has 7 heteroatoms. The molecule has 1 heterocycles. The van der Waals surface area contributed by atoms with Crippen LogP contribution in [0.1, 0.15) is 23.3 Å². The Hall–Kier alpha value is -3.32. The minimum Gasteiger partial charge on any atom is -0.494 e. The Morgan fingerprint density at radius 3 is 2.65 bits per heavy atom. The van der Waals surface area contributed by atoms with Gasteiger partial charge in [-0.25, -0.2) is 9.37 Å². The van der Waals surface area contributed by atoms with Gasteiger partial charge in [-0.15, -0.1) is 0 Å². The number of benzene rings is 3. The van der Waals surface area contributed by atoms with Crippen molar-refractivity contribution in [2.24, 2.45) is 0 Å². The molecule has 31 heavy (non-hydrogen) atoms. The van der Waals surface area contributed by atoms with Crippen molar-refractivity contribution in [3.8, 4) is 5.75 Å². The predicted octanol–water partition coefficient (Wildman–Crippen LogP) is 5.25. The minimum absolute atomic E-state index is 0.143. The highest BCUT2D eigenvalue weighted by atomic mass is 32.2. The van der Waals surface area contributed by atoms with Crippen molar-refractivity contribution in [2.45, 2.75) is 23.9 Å². The van der Waals surface area contributed by atoms with Gasteiger partial charge < -0.3 is 15.0 Å². The monoisotopic (exact) mass is 435 g/mol. The molecular formula is C24H22FN3O2S. The van der Waals surface area contributed by atoms with E-state index in [9.17, 15) is 9.18 Å². The topological polar surface area (TPSA) is 67.0 Å². The van der Waals surface area contributed by atoms with E-state index >= 15 is 0 Å². The summed E-state index contributed by atoms with van der Waals surface area (Å²) < 4.78 is 18.7. The lowest BCUT2D eigenvalue weighted by atomic mass is 10.1. The predicted molar refractivity (Wildman–Crippen MR) is 121 cm³/mol. The van der Waals surface area contributed by atoms with Gasteiger partial charge in [0.15, 0.2) is 5.16 Å². The number of H-pyrrole nitrogens is 1. The van der Waals surface area contributed by atoms with Gasteiger partial charge in [0, 0.05) is 12.6 Å². The van der Waals surface area contributed by atoms with Gasteiger partial charge in [-0.3, -0.25) is 4.79 Å². The van der Waals surface area contributed by atoms with Crippen molar-refractivity contribution in [3.63, 3.8) is 0 Å². The van der Waals surface area contributed by atoms with Crippen LogP contribution in [0.2, 0.25) is 0 Å². The third-order valence-corrected chi connectivity index (χ3v) is 5.83. The van der Waals surface area contributed by atoms with Gasteiger partial charge in [0.1, 0.15) is 16.8 Å². The molecule has 5 nitrogen and oxygen atoms in total. The Morgan fingerprint density at radius 1 is 1.13 bits per heavy atom. The van der Waals surface area contributed by atoms with E-state index in [2.05, 4.69) is 15.3 Å². The number of fused-ring (bicyclic) bond motifs is 1. The van der Waals surface area contributed by atoms with Crippen LogP contribution in [0.25, 0.3) is 11.0 Å². The van der Waals surface area contributed by atoms with Crippen molar-refractivity contribution in [3.05, 3.63) is 89.7 Å². The highest BCUT2D eigenvalue weighted by Gasteiger charge is 2.23. The summed E-state index contributed by atoms with van der Waals surface area (Å²) in [6.07, 6.45) is 0. The Morgan fingerprint density at radius 2 is 1.90 bits per heavy atom. The van der Waals surface area contributed by atoms with Gasteiger partial charge in [-0.2, -0.15) is 0 Å². The highest BCUT2D eigenvalue weighted by molar-refractivity contribution is 8.00. The molecule has 2 N–H and O–H groups in total. The minimum atomic E-state index is -0.492.